The Bertz CT molecular complexity index is 1270. The maximum atomic E-state index is 11.0. The van der Waals surface area contributed by atoms with Gasteiger partial charge in [-0.1, -0.05) is 25.3 Å². The van der Waals surface area contributed by atoms with Gasteiger partial charge in [-0.05, 0) is 73.4 Å². The topological polar surface area (TPSA) is 66.2 Å². The van der Waals surface area contributed by atoms with Gasteiger partial charge in [-0.15, -0.1) is 0 Å². The van der Waals surface area contributed by atoms with Crippen molar-refractivity contribution < 1.29 is 14.3 Å². The molecule has 0 saturated carbocycles. The van der Waals surface area contributed by atoms with Crippen LogP contribution in [0, 0.1) is 23.7 Å². The summed E-state index contributed by atoms with van der Waals surface area (Å²) in [5, 5.41) is 0. The Labute approximate surface area is 207 Å². The number of hydrogen-bond donors (Lipinski definition) is 0. The van der Waals surface area contributed by atoms with E-state index in [9.17, 15) is 4.79 Å². The minimum absolute atomic E-state index is 0.380. The molecule has 0 atom stereocenters. The number of rotatable bonds is 9. The van der Waals surface area contributed by atoms with Crippen LogP contribution >= 0.6 is 0 Å². The molecule has 0 saturated heterocycles. The molecule has 35 heavy (non-hydrogen) atoms. The lowest BCUT2D eigenvalue weighted by Gasteiger charge is -2.06. The number of unbranched alkanes of at least 4 members (excludes halogenated alkanes) is 2. The average Bonchev–Trinajstić information content (AvgIpc) is 3.30. The van der Waals surface area contributed by atoms with Crippen molar-refractivity contribution in [2.24, 2.45) is 7.05 Å². The smallest absolute Gasteiger partial charge is 0.330 e. The van der Waals surface area contributed by atoms with E-state index in [-0.39, 0.29) is 5.97 Å². The summed E-state index contributed by atoms with van der Waals surface area (Å²) in [6.45, 7) is 6.49. The Kier molecular flexibility index (Phi) is 9.72. The van der Waals surface area contributed by atoms with E-state index in [4.69, 9.17) is 9.47 Å². The summed E-state index contributed by atoms with van der Waals surface area (Å²) in [5.41, 5.74) is 3.61. The van der Waals surface area contributed by atoms with Crippen LogP contribution in [0.3, 0.4) is 0 Å². The Balaban J connectivity index is 1.51. The lowest BCUT2D eigenvalue weighted by Crippen LogP contribution is -2.03. The molecule has 0 radical (unpaired) electrons. The molecule has 0 fully saturated rings. The largest absolute Gasteiger partial charge is 0.494 e. The summed E-state index contributed by atoms with van der Waals surface area (Å²) in [6.07, 6.45) is 10.0. The Hall–Kier alpha value is -4.29. The molecule has 3 rings (SSSR count). The van der Waals surface area contributed by atoms with Crippen molar-refractivity contribution in [3.05, 3.63) is 89.8 Å². The standard InChI is InChI=1S/C29H29N3O3/c1-4-24-21-26(13-16-28-30-17-18-32(28)3)31-22-25(24)12-9-23-10-14-27(15-11-23)34-19-7-6-8-20-35-29(33)5-2/h5,10-11,14-15,17-18,21-22H,2,4,6-8,19-20H2,1,3H3. The van der Waals surface area contributed by atoms with Gasteiger partial charge in [-0.25, -0.2) is 14.8 Å². The van der Waals surface area contributed by atoms with Crippen LogP contribution in [0.2, 0.25) is 0 Å². The van der Waals surface area contributed by atoms with Gasteiger partial charge in [0.1, 0.15) is 11.4 Å². The van der Waals surface area contributed by atoms with E-state index in [1.54, 1.807) is 12.4 Å². The second kappa shape index (κ2) is 13.4. The van der Waals surface area contributed by atoms with Crippen LogP contribution in [0.25, 0.3) is 0 Å². The number of aromatic nitrogens is 3. The van der Waals surface area contributed by atoms with Gasteiger partial charge in [0.15, 0.2) is 5.82 Å². The zero-order chi connectivity index (χ0) is 24.9. The number of aryl methyl sites for hydroxylation is 2. The van der Waals surface area contributed by atoms with Crippen LogP contribution in [0.5, 0.6) is 5.75 Å². The summed E-state index contributed by atoms with van der Waals surface area (Å²) in [6, 6.07) is 9.72. The van der Waals surface area contributed by atoms with Gasteiger partial charge < -0.3 is 14.0 Å². The number of benzene rings is 1. The summed E-state index contributed by atoms with van der Waals surface area (Å²) in [5.74, 6) is 13.7. The third-order valence-corrected chi connectivity index (χ3v) is 5.16. The molecule has 6 nitrogen and oxygen atoms in total. The number of carbonyl (C=O) groups excluding carboxylic acids is 1. The average molecular weight is 468 g/mol. The highest BCUT2D eigenvalue weighted by atomic mass is 16.5. The van der Waals surface area contributed by atoms with Crippen molar-refractivity contribution in [3.63, 3.8) is 0 Å². The van der Waals surface area contributed by atoms with E-state index in [0.29, 0.717) is 24.7 Å². The summed E-state index contributed by atoms with van der Waals surface area (Å²) in [4.78, 5) is 19.6. The first-order valence-corrected chi connectivity index (χ1v) is 11.6. The van der Waals surface area contributed by atoms with E-state index >= 15 is 0 Å². The molecule has 0 amide bonds. The number of carbonyl (C=O) groups is 1. The molecule has 3 aromatic rings. The first-order valence-electron chi connectivity index (χ1n) is 11.6. The molecule has 0 aliphatic carbocycles. The van der Waals surface area contributed by atoms with Crippen LogP contribution in [-0.2, 0) is 23.0 Å². The molecule has 0 aliphatic rings. The van der Waals surface area contributed by atoms with Crippen LogP contribution in [0.1, 0.15) is 54.4 Å². The van der Waals surface area contributed by atoms with Crippen LogP contribution in [0.15, 0.2) is 61.6 Å². The fourth-order valence-electron chi connectivity index (χ4n) is 3.15. The van der Waals surface area contributed by atoms with Crippen molar-refractivity contribution in [2.45, 2.75) is 32.6 Å². The molecule has 2 aromatic heterocycles. The minimum atomic E-state index is -0.380. The molecule has 0 spiro atoms. The van der Waals surface area contributed by atoms with Crippen molar-refractivity contribution in [1.29, 1.82) is 0 Å². The summed E-state index contributed by atoms with van der Waals surface area (Å²) >= 11 is 0. The van der Waals surface area contributed by atoms with Crippen molar-refractivity contribution >= 4 is 5.97 Å². The maximum Gasteiger partial charge on any atom is 0.330 e. The van der Waals surface area contributed by atoms with Gasteiger partial charge in [-0.2, -0.15) is 0 Å². The number of hydrogen-bond acceptors (Lipinski definition) is 5. The fourth-order valence-corrected chi connectivity index (χ4v) is 3.15. The Morgan fingerprint density at radius 3 is 2.57 bits per heavy atom. The second-order valence-corrected chi connectivity index (χ2v) is 7.75. The van der Waals surface area contributed by atoms with Crippen LogP contribution < -0.4 is 4.74 Å². The molecule has 0 aliphatic heterocycles. The SMILES string of the molecule is C=CC(=O)OCCCCCOc1ccc(C#Cc2cnc(C#Cc3nccn3C)cc2CC)cc1. The molecule has 0 N–H and O–H groups in total. The Morgan fingerprint density at radius 2 is 1.86 bits per heavy atom. The normalized spacial score (nSPS) is 9.89. The van der Waals surface area contributed by atoms with Gasteiger partial charge in [0.05, 0.1) is 13.2 Å². The molecule has 1 aromatic carbocycles. The first-order chi connectivity index (χ1) is 17.1. The number of esters is 1. The zero-order valence-corrected chi connectivity index (χ0v) is 20.2. The van der Waals surface area contributed by atoms with Gasteiger partial charge in [0, 0.05) is 42.8 Å². The quantitative estimate of drug-likeness (QED) is 0.201. The van der Waals surface area contributed by atoms with Gasteiger partial charge in [0.25, 0.3) is 0 Å². The summed E-state index contributed by atoms with van der Waals surface area (Å²) in [7, 11) is 1.91. The van der Waals surface area contributed by atoms with Crippen molar-refractivity contribution in [1.82, 2.24) is 14.5 Å². The third-order valence-electron chi connectivity index (χ3n) is 5.16. The third kappa shape index (κ3) is 8.21. The monoisotopic (exact) mass is 467 g/mol. The highest BCUT2D eigenvalue weighted by Crippen LogP contribution is 2.14. The van der Waals surface area contributed by atoms with Crippen molar-refractivity contribution in [3.8, 4) is 29.4 Å². The van der Waals surface area contributed by atoms with Gasteiger partial charge in [-0.3, -0.25) is 0 Å². The maximum absolute atomic E-state index is 11.0. The zero-order valence-electron chi connectivity index (χ0n) is 20.2. The van der Waals surface area contributed by atoms with E-state index in [1.165, 1.54) is 6.08 Å². The lowest BCUT2D eigenvalue weighted by atomic mass is 10.1. The number of imidazole rings is 1. The predicted octanol–water partition coefficient (Wildman–Crippen LogP) is 4.46. The Morgan fingerprint density at radius 1 is 1.06 bits per heavy atom. The highest BCUT2D eigenvalue weighted by molar-refractivity contribution is 5.81. The second-order valence-electron chi connectivity index (χ2n) is 7.75. The molecule has 0 unspecified atom stereocenters. The van der Waals surface area contributed by atoms with Gasteiger partial charge >= 0.3 is 5.97 Å². The molecular formula is C29H29N3O3. The number of pyridine rings is 1. The number of ether oxygens (including phenoxy) is 2. The molecule has 6 heteroatoms. The van der Waals surface area contributed by atoms with Crippen LogP contribution in [-0.4, -0.2) is 33.7 Å². The van der Waals surface area contributed by atoms with E-state index < -0.39 is 0 Å². The fraction of sp³-hybridized carbons (Fsp3) is 0.276. The lowest BCUT2D eigenvalue weighted by molar-refractivity contribution is -0.137. The minimum Gasteiger partial charge on any atom is -0.494 e. The molecular weight excluding hydrogens is 438 g/mol. The van der Waals surface area contributed by atoms with E-state index in [1.807, 2.05) is 48.1 Å². The first kappa shape index (κ1) is 25.3. The molecule has 0 bridgehead atoms. The molecule has 178 valence electrons. The predicted molar refractivity (Wildman–Crippen MR) is 136 cm³/mol. The van der Waals surface area contributed by atoms with E-state index in [0.717, 1.165) is 48.1 Å². The molecule has 2 heterocycles. The van der Waals surface area contributed by atoms with E-state index in [2.05, 4.69) is 47.2 Å². The summed E-state index contributed by atoms with van der Waals surface area (Å²) < 4.78 is 12.6. The number of nitrogens with zero attached hydrogens (tertiary/aromatic N) is 3. The van der Waals surface area contributed by atoms with Crippen LogP contribution in [0.4, 0.5) is 0 Å². The highest BCUT2D eigenvalue weighted by Gasteiger charge is 2.02. The van der Waals surface area contributed by atoms with Crippen molar-refractivity contribution in [2.75, 3.05) is 13.2 Å². The van der Waals surface area contributed by atoms with Gasteiger partial charge in [0.2, 0.25) is 0 Å².